The topological polar surface area (TPSA) is 41.0 Å². The molecule has 0 spiro atoms. The van der Waals surface area contributed by atoms with Crippen molar-refractivity contribution in [3.63, 3.8) is 0 Å². The van der Waals surface area contributed by atoms with Crippen LogP contribution in [0.4, 0.5) is 5.69 Å². The Labute approximate surface area is 111 Å². The summed E-state index contributed by atoms with van der Waals surface area (Å²) < 4.78 is 0. The fraction of sp³-hybridized carbons (Fsp3) is 0.636. The van der Waals surface area contributed by atoms with Crippen LogP contribution >= 0.6 is 23.2 Å². The molecule has 2 rings (SSSR count). The quantitative estimate of drug-likeness (QED) is 0.920. The van der Waals surface area contributed by atoms with E-state index >= 15 is 0 Å². The molecule has 4 nitrogen and oxygen atoms in total. The standard InChI is InChI=1S/C11H16Cl2N4/c1-17-4-2-8(3-5-17)7-14-9-6-10(12)15-16-11(9)13/h6,8H,2-5,7H2,1H3,(H,14,15). The predicted molar refractivity (Wildman–Crippen MR) is 70.8 cm³/mol. The highest BCUT2D eigenvalue weighted by Gasteiger charge is 2.16. The van der Waals surface area contributed by atoms with Gasteiger partial charge in [-0.3, -0.25) is 0 Å². The third kappa shape index (κ3) is 3.69. The summed E-state index contributed by atoms with van der Waals surface area (Å²) >= 11 is 11.7. The van der Waals surface area contributed by atoms with Crippen molar-refractivity contribution in [3.8, 4) is 0 Å². The third-order valence-electron chi connectivity index (χ3n) is 3.14. The Bertz CT molecular complexity index is 378. The SMILES string of the molecule is CN1CCC(CNc2cc(Cl)nnc2Cl)CC1. The number of aromatic nitrogens is 2. The van der Waals surface area contributed by atoms with Gasteiger partial charge in [-0.1, -0.05) is 23.2 Å². The Morgan fingerprint density at radius 2 is 2.06 bits per heavy atom. The molecule has 1 aliphatic heterocycles. The van der Waals surface area contributed by atoms with Crippen molar-refractivity contribution in [1.29, 1.82) is 0 Å². The fourth-order valence-corrected chi connectivity index (χ4v) is 2.30. The largest absolute Gasteiger partial charge is 0.382 e. The molecular formula is C11H16Cl2N4. The van der Waals surface area contributed by atoms with E-state index < -0.39 is 0 Å². The summed E-state index contributed by atoms with van der Waals surface area (Å²) in [6, 6.07) is 1.71. The van der Waals surface area contributed by atoms with Crippen LogP contribution in [0, 0.1) is 5.92 Å². The molecule has 1 N–H and O–H groups in total. The van der Waals surface area contributed by atoms with Gasteiger partial charge in [-0.15, -0.1) is 10.2 Å². The van der Waals surface area contributed by atoms with Crippen LogP contribution in [0.3, 0.4) is 0 Å². The van der Waals surface area contributed by atoms with Gasteiger partial charge < -0.3 is 10.2 Å². The van der Waals surface area contributed by atoms with Crippen LogP contribution in [0.25, 0.3) is 0 Å². The maximum Gasteiger partial charge on any atom is 0.174 e. The molecule has 0 saturated carbocycles. The fourth-order valence-electron chi connectivity index (χ4n) is 2.00. The van der Waals surface area contributed by atoms with E-state index in [1.165, 1.54) is 12.8 Å². The predicted octanol–water partition coefficient (Wildman–Crippen LogP) is 2.54. The zero-order valence-electron chi connectivity index (χ0n) is 9.79. The molecule has 17 heavy (non-hydrogen) atoms. The van der Waals surface area contributed by atoms with E-state index in [2.05, 4.69) is 27.5 Å². The number of anilines is 1. The summed E-state index contributed by atoms with van der Waals surface area (Å²) in [6.45, 7) is 3.24. The van der Waals surface area contributed by atoms with Gasteiger partial charge >= 0.3 is 0 Å². The van der Waals surface area contributed by atoms with Gasteiger partial charge in [0.05, 0.1) is 5.69 Å². The summed E-state index contributed by atoms with van der Waals surface area (Å²) in [5.74, 6) is 0.689. The molecule has 0 unspecified atom stereocenters. The maximum atomic E-state index is 5.93. The smallest absolute Gasteiger partial charge is 0.174 e. The number of hydrogen-bond acceptors (Lipinski definition) is 4. The lowest BCUT2D eigenvalue weighted by atomic mass is 9.97. The highest BCUT2D eigenvalue weighted by atomic mass is 35.5. The zero-order valence-corrected chi connectivity index (χ0v) is 11.3. The minimum Gasteiger partial charge on any atom is -0.382 e. The monoisotopic (exact) mass is 274 g/mol. The Morgan fingerprint density at radius 3 is 2.76 bits per heavy atom. The van der Waals surface area contributed by atoms with E-state index in [0.717, 1.165) is 25.3 Å². The van der Waals surface area contributed by atoms with Crippen molar-refractivity contribution in [3.05, 3.63) is 16.4 Å². The second-order valence-corrected chi connectivity index (χ2v) is 5.24. The summed E-state index contributed by atoms with van der Waals surface area (Å²) in [6.07, 6.45) is 2.43. The second kappa shape index (κ2) is 5.85. The van der Waals surface area contributed by atoms with E-state index in [9.17, 15) is 0 Å². The Balaban J connectivity index is 1.87. The van der Waals surface area contributed by atoms with Gasteiger partial charge in [-0.05, 0) is 38.9 Å². The first-order valence-corrected chi connectivity index (χ1v) is 6.52. The number of likely N-dealkylation sites (tertiary alicyclic amines) is 1. The molecule has 1 aromatic rings. The van der Waals surface area contributed by atoms with E-state index in [-0.39, 0.29) is 0 Å². The van der Waals surface area contributed by atoms with Crippen molar-refractivity contribution in [1.82, 2.24) is 15.1 Å². The van der Waals surface area contributed by atoms with E-state index in [1.807, 2.05) is 0 Å². The number of rotatable bonds is 3. The molecule has 1 fully saturated rings. The van der Waals surface area contributed by atoms with Crippen LogP contribution in [0.1, 0.15) is 12.8 Å². The van der Waals surface area contributed by atoms with Gasteiger partial charge in [-0.25, -0.2) is 0 Å². The number of nitrogens with zero attached hydrogens (tertiary/aromatic N) is 3. The summed E-state index contributed by atoms with van der Waals surface area (Å²) in [7, 11) is 2.16. The van der Waals surface area contributed by atoms with Gasteiger partial charge in [0.2, 0.25) is 0 Å². The molecule has 0 aromatic carbocycles. The van der Waals surface area contributed by atoms with Gasteiger partial charge in [0.1, 0.15) is 0 Å². The van der Waals surface area contributed by atoms with Crippen LogP contribution in [-0.4, -0.2) is 41.8 Å². The first-order valence-electron chi connectivity index (χ1n) is 5.76. The molecule has 0 bridgehead atoms. The lowest BCUT2D eigenvalue weighted by molar-refractivity contribution is 0.226. The van der Waals surface area contributed by atoms with Crippen LogP contribution < -0.4 is 5.32 Å². The lowest BCUT2D eigenvalue weighted by Gasteiger charge is -2.29. The number of nitrogens with one attached hydrogen (secondary N) is 1. The lowest BCUT2D eigenvalue weighted by Crippen LogP contribution is -2.33. The molecule has 0 radical (unpaired) electrons. The number of hydrogen-bond donors (Lipinski definition) is 1. The Morgan fingerprint density at radius 1 is 1.35 bits per heavy atom. The van der Waals surface area contributed by atoms with Crippen LogP contribution in [0.5, 0.6) is 0 Å². The summed E-state index contributed by atoms with van der Waals surface area (Å²) in [5, 5.41) is 11.5. The molecule has 6 heteroatoms. The van der Waals surface area contributed by atoms with Gasteiger partial charge in [0.25, 0.3) is 0 Å². The van der Waals surface area contributed by atoms with E-state index in [0.29, 0.717) is 16.2 Å². The maximum absolute atomic E-state index is 5.93. The molecule has 1 aliphatic rings. The van der Waals surface area contributed by atoms with Crippen molar-refractivity contribution in [2.75, 3.05) is 32.0 Å². The number of piperidine rings is 1. The van der Waals surface area contributed by atoms with Gasteiger partial charge in [-0.2, -0.15) is 0 Å². The minimum absolute atomic E-state index is 0.361. The first kappa shape index (κ1) is 12.9. The molecule has 0 aliphatic carbocycles. The van der Waals surface area contributed by atoms with Gasteiger partial charge in [0, 0.05) is 12.6 Å². The third-order valence-corrected chi connectivity index (χ3v) is 3.60. The molecular weight excluding hydrogens is 259 g/mol. The molecule has 94 valence electrons. The zero-order chi connectivity index (χ0) is 12.3. The highest BCUT2D eigenvalue weighted by Crippen LogP contribution is 2.23. The van der Waals surface area contributed by atoms with E-state index in [4.69, 9.17) is 23.2 Å². The molecule has 2 heterocycles. The number of halogens is 2. The molecule has 1 saturated heterocycles. The average Bonchev–Trinajstić information content (AvgIpc) is 2.32. The summed E-state index contributed by atoms with van der Waals surface area (Å²) in [5.41, 5.74) is 0.769. The summed E-state index contributed by atoms with van der Waals surface area (Å²) in [4.78, 5) is 2.36. The Kier molecular flexibility index (Phi) is 4.42. The molecule has 0 amide bonds. The van der Waals surface area contributed by atoms with Crippen molar-refractivity contribution < 1.29 is 0 Å². The normalized spacial score (nSPS) is 18.3. The molecule has 1 aromatic heterocycles. The van der Waals surface area contributed by atoms with Crippen LogP contribution in [0.15, 0.2) is 6.07 Å². The highest BCUT2D eigenvalue weighted by molar-refractivity contribution is 6.33. The van der Waals surface area contributed by atoms with Gasteiger partial charge in [0.15, 0.2) is 10.3 Å². The van der Waals surface area contributed by atoms with Crippen LogP contribution in [0.2, 0.25) is 10.3 Å². The molecule has 0 atom stereocenters. The van der Waals surface area contributed by atoms with E-state index in [1.54, 1.807) is 6.07 Å². The van der Waals surface area contributed by atoms with Crippen molar-refractivity contribution in [2.45, 2.75) is 12.8 Å². The minimum atomic E-state index is 0.361. The van der Waals surface area contributed by atoms with Crippen LogP contribution in [-0.2, 0) is 0 Å². The van der Waals surface area contributed by atoms with Crippen molar-refractivity contribution in [2.24, 2.45) is 5.92 Å². The Hall–Kier alpha value is -0.580. The van der Waals surface area contributed by atoms with Crippen molar-refractivity contribution >= 4 is 28.9 Å². The second-order valence-electron chi connectivity index (χ2n) is 4.50. The first-order chi connectivity index (χ1) is 8.15. The average molecular weight is 275 g/mol.